The molecule has 0 bridgehead atoms. The van der Waals surface area contributed by atoms with Crippen LogP contribution in [0.25, 0.3) is 11.4 Å². The topological polar surface area (TPSA) is 45.4 Å². The molecule has 1 saturated heterocycles. The Morgan fingerprint density at radius 2 is 1.77 bits per heavy atom. The summed E-state index contributed by atoms with van der Waals surface area (Å²) in [7, 11) is 0. The fourth-order valence-electron chi connectivity index (χ4n) is 3.10. The first-order chi connectivity index (χ1) is 12.7. The van der Waals surface area contributed by atoms with Gasteiger partial charge in [0.15, 0.2) is 0 Å². The summed E-state index contributed by atoms with van der Waals surface area (Å²) >= 11 is 12.3. The molecule has 0 unspecified atom stereocenters. The van der Waals surface area contributed by atoms with Crippen LogP contribution in [0.3, 0.4) is 0 Å². The number of hydrogen-bond donors (Lipinski definition) is 0. The van der Waals surface area contributed by atoms with Crippen LogP contribution in [0.5, 0.6) is 0 Å². The van der Waals surface area contributed by atoms with Crippen molar-refractivity contribution in [3.05, 3.63) is 64.5 Å². The molecule has 0 spiro atoms. The summed E-state index contributed by atoms with van der Waals surface area (Å²) in [5.74, 6) is 1.14. The smallest absolute Gasteiger partial charge is 0.241 e. The quantitative estimate of drug-likeness (QED) is 0.663. The molecule has 134 valence electrons. The summed E-state index contributed by atoms with van der Waals surface area (Å²) in [6.45, 7) is 4.37. The van der Waals surface area contributed by atoms with Crippen molar-refractivity contribution in [1.29, 1.82) is 0 Å². The zero-order chi connectivity index (χ0) is 17.9. The van der Waals surface area contributed by atoms with Gasteiger partial charge >= 0.3 is 0 Å². The van der Waals surface area contributed by atoms with Crippen LogP contribution >= 0.6 is 23.2 Å². The molecule has 1 aliphatic heterocycles. The van der Waals surface area contributed by atoms with Crippen LogP contribution in [-0.2, 0) is 6.54 Å². The zero-order valence-electron chi connectivity index (χ0n) is 14.1. The van der Waals surface area contributed by atoms with E-state index in [0.29, 0.717) is 23.3 Å². The molecular weight excluding hydrogens is 371 g/mol. The Labute approximate surface area is 162 Å². The summed E-state index contributed by atoms with van der Waals surface area (Å²) in [6.07, 6.45) is 0. The Hall–Kier alpha value is -2.08. The molecule has 2 aromatic carbocycles. The number of hydrogen-bond acceptors (Lipinski definition) is 5. The maximum Gasteiger partial charge on any atom is 0.241 e. The first-order valence-corrected chi connectivity index (χ1v) is 9.25. The van der Waals surface area contributed by atoms with Crippen LogP contribution in [0.1, 0.15) is 5.89 Å². The standard InChI is InChI=1S/C19H18Cl2N4O/c20-14-4-3-5-15(12-14)25-10-8-24(9-11-25)13-18-22-19(23-26-18)16-6-1-2-7-17(16)21/h1-7,12H,8-11,13H2. The minimum Gasteiger partial charge on any atom is -0.369 e. The SMILES string of the molecule is Clc1cccc(N2CCN(Cc3nc(-c4ccccc4Cl)no3)CC2)c1. The molecular formula is C19H18Cl2N4O. The van der Waals surface area contributed by atoms with Crippen LogP contribution in [0, 0.1) is 0 Å². The minimum absolute atomic E-state index is 0.531. The summed E-state index contributed by atoms with van der Waals surface area (Å²) in [4.78, 5) is 9.14. The van der Waals surface area contributed by atoms with Crippen LogP contribution in [0.15, 0.2) is 53.1 Å². The van der Waals surface area contributed by atoms with Gasteiger partial charge in [0.25, 0.3) is 0 Å². The third kappa shape index (κ3) is 3.85. The number of nitrogens with zero attached hydrogens (tertiary/aromatic N) is 4. The van der Waals surface area contributed by atoms with Crippen molar-refractivity contribution in [1.82, 2.24) is 15.0 Å². The Balaban J connectivity index is 1.37. The lowest BCUT2D eigenvalue weighted by molar-refractivity contribution is 0.215. The summed E-state index contributed by atoms with van der Waals surface area (Å²) < 4.78 is 5.41. The molecule has 0 amide bonds. The number of piperazine rings is 1. The highest BCUT2D eigenvalue weighted by Gasteiger charge is 2.20. The summed E-state index contributed by atoms with van der Waals surface area (Å²) in [5, 5.41) is 5.45. The van der Waals surface area contributed by atoms with Gasteiger partial charge in [-0.15, -0.1) is 0 Å². The minimum atomic E-state index is 0.531. The highest BCUT2D eigenvalue weighted by atomic mass is 35.5. The monoisotopic (exact) mass is 388 g/mol. The molecule has 2 heterocycles. The van der Waals surface area contributed by atoms with E-state index < -0.39 is 0 Å². The van der Waals surface area contributed by atoms with Crippen molar-refractivity contribution in [3.63, 3.8) is 0 Å². The number of halogens is 2. The molecule has 1 aromatic heterocycles. The van der Waals surface area contributed by atoms with E-state index in [4.69, 9.17) is 27.7 Å². The largest absolute Gasteiger partial charge is 0.369 e. The van der Waals surface area contributed by atoms with Gasteiger partial charge in [0, 0.05) is 42.5 Å². The number of benzene rings is 2. The normalized spacial score (nSPS) is 15.4. The molecule has 5 nitrogen and oxygen atoms in total. The molecule has 1 fully saturated rings. The van der Waals surface area contributed by atoms with Gasteiger partial charge in [-0.2, -0.15) is 4.98 Å². The lowest BCUT2D eigenvalue weighted by atomic mass is 10.2. The highest BCUT2D eigenvalue weighted by molar-refractivity contribution is 6.33. The van der Waals surface area contributed by atoms with Gasteiger partial charge in [-0.05, 0) is 30.3 Å². The van der Waals surface area contributed by atoms with E-state index in [2.05, 4.69) is 26.0 Å². The summed E-state index contributed by atoms with van der Waals surface area (Å²) in [5.41, 5.74) is 1.95. The molecule has 0 atom stereocenters. The van der Waals surface area contributed by atoms with Gasteiger partial charge in [0.05, 0.1) is 11.6 Å². The Bertz CT molecular complexity index is 891. The second-order valence-corrected chi connectivity index (χ2v) is 7.08. The van der Waals surface area contributed by atoms with Crippen LogP contribution < -0.4 is 4.90 Å². The van der Waals surface area contributed by atoms with Crippen molar-refractivity contribution in [2.75, 3.05) is 31.1 Å². The van der Waals surface area contributed by atoms with E-state index in [-0.39, 0.29) is 0 Å². The van der Waals surface area contributed by atoms with E-state index in [9.17, 15) is 0 Å². The Kier molecular flexibility index (Phi) is 5.11. The molecule has 1 aliphatic rings. The fraction of sp³-hybridized carbons (Fsp3) is 0.263. The fourth-order valence-corrected chi connectivity index (χ4v) is 3.50. The lowest BCUT2D eigenvalue weighted by Crippen LogP contribution is -2.46. The van der Waals surface area contributed by atoms with E-state index in [1.54, 1.807) is 0 Å². The van der Waals surface area contributed by atoms with Crippen LogP contribution in [0.4, 0.5) is 5.69 Å². The van der Waals surface area contributed by atoms with Gasteiger partial charge < -0.3 is 9.42 Å². The van der Waals surface area contributed by atoms with Crippen molar-refractivity contribution in [2.24, 2.45) is 0 Å². The average Bonchev–Trinajstić information content (AvgIpc) is 3.11. The first-order valence-electron chi connectivity index (χ1n) is 8.49. The number of rotatable bonds is 4. The van der Waals surface area contributed by atoms with E-state index in [0.717, 1.165) is 42.5 Å². The van der Waals surface area contributed by atoms with Gasteiger partial charge in [0.2, 0.25) is 11.7 Å². The van der Waals surface area contributed by atoms with E-state index >= 15 is 0 Å². The lowest BCUT2D eigenvalue weighted by Gasteiger charge is -2.35. The van der Waals surface area contributed by atoms with Crippen molar-refractivity contribution in [2.45, 2.75) is 6.54 Å². The number of aromatic nitrogens is 2. The van der Waals surface area contributed by atoms with Crippen LogP contribution in [0.2, 0.25) is 10.0 Å². The first kappa shape index (κ1) is 17.3. The molecule has 26 heavy (non-hydrogen) atoms. The Morgan fingerprint density at radius 3 is 2.54 bits per heavy atom. The maximum atomic E-state index is 6.20. The van der Waals surface area contributed by atoms with E-state index in [1.165, 1.54) is 0 Å². The molecule has 0 radical (unpaired) electrons. The van der Waals surface area contributed by atoms with Gasteiger partial charge in [-0.3, -0.25) is 4.90 Å². The van der Waals surface area contributed by atoms with Crippen molar-refractivity contribution < 1.29 is 4.52 Å². The summed E-state index contributed by atoms with van der Waals surface area (Å²) in [6, 6.07) is 15.5. The third-order valence-electron chi connectivity index (χ3n) is 4.49. The van der Waals surface area contributed by atoms with Crippen molar-refractivity contribution in [3.8, 4) is 11.4 Å². The maximum absolute atomic E-state index is 6.20. The molecule has 3 aromatic rings. The van der Waals surface area contributed by atoms with Crippen molar-refractivity contribution >= 4 is 28.9 Å². The van der Waals surface area contributed by atoms with Gasteiger partial charge in [0.1, 0.15) is 0 Å². The predicted molar refractivity (Wildman–Crippen MR) is 104 cm³/mol. The predicted octanol–water partition coefficient (Wildman–Crippen LogP) is 4.37. The Morgan fingerprint density at radius 1 is 0.962 bits per heavy atom. The van der Waals surface area contributed by atoms with Gasteiger partial charge in [-0.25, -0.2) is 0 Å². The second-order valence-electron chi connectivity index (χ2n) is 6.23. The van der Waals surface area contributed by atoms with E-state index in [1.807, 2.05) is 42.5 Å². The highest BCUT2D eigenvalue weighted by Crippen LogP contribution is 2.25. The number of anilines is 1. The second kappa shape index (κ2) is 7.66. The third-order valence-corrected chi connectivity index (χ3v) is 5.05. The molecule has 0 aliphatic carbocycles. The van der Waals surface area contributed by atoms with Gasteiger partial charge in [-0.1, -0.05) is 46.6 Å². The molecule has 4 rings (SSSR count). The zero-order valence-corrected chi connectivity index (χ0v) is 15.6. The van der Waals surface area contributed by atoms with Crippen LogP contribution in [-0.4, -0.2) is 41.2 Å². The molecule has 0 N–H and O–H groups in total. The average molecular weight is 389 g/mol. The molecule has 7 heteroatoms. The molecule has 0 saturated carbocycles.